The minimum Gasteiger partial charge on any atom is -0.501 e. The first-order chi connectivity index (χ1) is 19.4. The first-order valence-electron chi connectivity index (χ1n) is 13.8. The zero-order chi connectivity index (χ0) is 28.2. The van der Waals surface area contributed by atoms with Gasteiger partial charge in [0.25, 0.3) is 0 Å². The lowest BCUT2D eigenvalue weighted by atomic mass is 9.72. The molecule has 1 unspecified atom stereocenters. The van der Waals surface area contributed by atoms with E-state index >= 15 is 0 Å². The average molecular weight is 530 g/mol. The minimum atomic E-state index is -1.11. The minimum absolute atomic E-state index is 0.132. The number of carbonyl (C=O) groups is 2. The summed E-state index contributed by atoms with van der Waals surface area (Å²) in [6.07, 6.45) is 3.74. The van der Waals surface area contributed by atoms with Crippen molar-refractivity contribution in [2.75, 3.05) is 6.61 Å². The molecule has 1 fully saturated rings. The zero-order valence-corrected chi connectivity index (χ0v) is 23.3. The van der Waals surface area contributed by atoms with E-state index in [4.69, 9.17) is 4.74 Å². The van der Waals surface area contributed by atoms with Crippen molar-refractivity contribution in [2.24, 2.45) is 5.41 Å². The second-order valence-electron chi connectivity index (χ2n) is 10.6. The van der Waals surface area contributed by atoms with Crippen LogP contribution in [-0.4, -0.2) is 23.3 Å². The Balaban J connectivity index is 1.63. The van der Waals surface area contributed by atoms with Crippen molar-refractivity contribution < 1.29 is 14.3 Å². The molecule has 202 valence electrons. The Bertz CT molecular complexity index is 1380. The Kier molecular flexibility index (Phi) is 7.70. The first kappa shape index (κ1) is 27.1. The van der Waals surface area contributed by atoms with Crippen molar-refractivity contribution in [1.82, 2.24) is 4.90 Å². The fourth-order valence-electron chi connectivity index (χ4n) is 5.93. The molecule has 0 N–H and O–H groups in total. The summed E-state index contributed by atoms with van der Waals surface area (Å²) in [7, 11) is 0. The predicted octanol–water partition coefficient (Wildman–Crippen LogP) is 7.55. The number of hydrogen-bond acceptors (Lipinski definition) is 3. The third kappa shape index (κ3) is 4.64. The van der Waals surface area contributed by atoms with Gasteiger partial charge in [0.1, 0.15) is 5.54 Å². The van der Waals surface area contributed by atoms with Crippen molar-refractivity contribution in [3.05, 3.63) is 149 Å². The van der Waals surface area contributed by atoms with Gasteiger partial charge in [0.15, 0.2) is 0 Å². The smallest absolute Gasteiger partial charge is 0.237 e. The molecular weight excluding hydrogens is 494 g/mol. The summed E-state index contributed by atoms with van der Waals surface area (Å²) < 4.78 is 5.32. The van der Waals surface area contributed by atoms with Crippen LogP contribution >= 0.6 is 0 Å². The summed E-state index contributed by atoms with van der Waals surface area (Å²) in [4.78, 5) is 30.5. The molecule has 1 aliphatic rings. The highest BCUT2D eigenvalue weighted by atomic mass is 16.5. The number of imide groups is 1. The van der Waals surface area contributed by atoms with Gasteiger partial charge >= 0.3 is 0 Å². The van der Waals surface area contributed by atoms with E-state index in [-0.39, 0.29) is 24.2 Å². The van der Waals surface area contributed by atoms with Gasteiger partial charge in [-0.05, 0) is 53.7 Å². The number of benzene rings is 4. The number of likely N-dealkylation sites (tertiary alicyclic amines) is 1. The Morgan fingerprint density at radius 2 is 1.27 bits per heavy atom. The summed E-state index contributed by atoms with van der Waals surface area (Å²) in [6.45, 7) is 6.55. The standard InChI is InChI=1S/C36H35NO3/c1-4-40-25-24-28-20-22-29(23-21-28)27(2)35(3)26-33(38)37(34(35)39)36(30-14-8-5-9-15-30,31-16-10-6-11-17-31)32-18-12-7-13-19-32/h5-25,27H,4,26H2,1-3H3/b25-24+/t27?,35-/m0/s1. The van der Waals surface area contributed by atoms with E-state index in [2.05, 4.69) is 6.92 Å². The molecule has 2 atom stereocenters. The van der Waals surface area contributed by atoms with Crippen molar-refractivity contribution in [3.8, 4) is 0 Å². The van der Waals surface area contributed by atoms with Crippen LogP contribution in [0.15, 0.2) is 122 Å². The fraction of sp³-hybridized carbons (Fsp3) is 0.222. The van der Waals surface area contributed by atoms with Gasteiger partial charge in [0.05, 0.1) is 18.3 Å². The maximum Gasteiger partial charge on any atom is 0.237 e. The molecule has 2 amide bonds. The van der Waals surface area contributed by atoms with Crippen LogP contribution in [0.2, 0.25) is 0 Å². The third-order valence-corrected chi connectivity index (χ3v) is 8.29. The van der Waals surface area contributed by atoms with Crippen molar-refractivity contribution in [3.63, 3.8) is 0 Å². The molecule has 0 radical (unpaired) electrons. The van der Waals surface area contributed by atoms with Gasteiger partial charge in [0, 0.05) is 6.42 Å². The molecule has 0 spiro atoms. The lowest BCUT2D eigenvalue weighted by Gasteiger charge is -2.43. The van der Waals surface area contributed by atoms with Gasteiger partial charge in [-0.2, -0.15) is 0 Å². The van der Waals surface area contributed by atoms with Gasteiger partial charge in [-0.3, -0.25) is 14.5 Å². The maximum atomic E-state index is 14.7. The molecule has 0 aromatic heterocycles. The molecular formula is C36H35NO3. The van der Waals surface area contributed by atoms with Crippen LogP contribution in [0.4, 0.5) is 0 Å². The number of nitrogens with zero attached hydrogens (tertiary/aromatic N) is 1. The molecule has 1 aliphatic heterocycles. The zero-order valence-electron chi connectivity index (χ0n) is 23.3. The van der Waals surface area contributed by atoms with Gasteiger partial charge in [-0.25, -0.2) is 0 Å². The van der Waals surface area contributed by atoms with E-state index in [9.17, 15) is 9.59 Å². The first-order valence-corrected chi connectivity index (χ1v) is 13.8. The van der Waals surface area contributed by atoms with Crippen LogP contribution in [0.3, 0.4) is 0 Å². The molecule has 0 saturated carbocycles. The van der Waals surface area contributed by atoms with Crippen molar-refractivity contribution in [1.29, 1.82) is 0 Å². The van der Waals surface area contributed by atoms with E-state index in [0.29, 0.717) is 6.61 Å². The molecule has 4 nitrogen and oxygen atoms in total. The summed E-state index contributed by atoms with van der Waals surface area (Å²) in [5.41, 5.74) is 2.63. The molecule has 0 bridgehead atoms. The summed E-state index contributed by atoms with van der Waals surface area (Å²) in [5, 5.41) is 0. The maximum absolute atomic E-state index is 14.7. The van der Waals surface area contributed by atoms with Crippen molar-refractivity contribution >= 4 is 17.9 Å². The molecule has 4 aromatic rings. The summed E-state index contributed by atoms with van der Waals surface area (Å²) in [5.74, 6) is -0.520. The Hall–Kier alpha value is -4.44. The second-order valence-corrected chi connectivity index (χ2v) is 10.6. The summed E-state index contributed by atoms with van der Waals surface area (Å²) >= 11 is 0. The van der Waals surface area contributed by atoms with E-state index < -0.39 is 11.0 Å². The van der Waals surface area contributed by atoms with Crippen LogP contribution < -0.4 is 0 Å². The topological polar surface area (TPSA) is 46.6 Å². The van der Waals surface area contributed by atoms with E-state index in [1.165, 1.54) is 0 Å². The van der Waals surface area contributed by atoms with Gasteiger partial charge in [0.2, 0.25) is 11.8 Å². The highest BCUT2D eigenvalue weighted by Gasteiger charge is 2.59. The molecule has 1 heterocycles. The lowest BCUT2D eigenvalue weighted by molar-refractivity contribution is -0.146. The van der Waals surface area contributed by atoms with Crippen LogP contribution in [0, 0.1) is 5.41 Å². The third-order valence-electron chi connectivity index (χ3n) is 8.29. The van der Waals surface area contributed by atoms with Crippen LogP contribution in [0.25, 0.3) is 6.08 Å². The molecule has 5 rings (SSSR count). The molecule has 4 heteroatoms. The van der Waals surface area contributed by atoms with Crippen LogP contribution in [0.5, 0.6) is 0 Å². The highest BCUT2D eigenvalue weighted by molar-refractivity contribution is 6.08. The fourth-order valence-corrected chi connectivity index (χ4v) is 5.93. The number of amides is 2. The van der Waals surface area contributed by atoms with E-state index in [1.807, 2.05) is 135 Å². The predicted molar refractivity (Wildman–Crippen MR) is 159 cm³/mol. The lowest BCUT2D eigenvalue weighted by Crippen LogP contribution is -2.52. The molecule has 1 saturated heterocycles. The SMILES string of the molecule is CCO/C=C/c1ccc(C(C)[C@]2(C)CC(=O)N(C(c3ccccc3)(c3ccccc3)c3ccccc3)C2=O)cc1. The normalized spacial score (nSPS) is 18.3. The number of carbonyl (C=O) groups excluding carboxylic acids is 2. The molecule has 40 heavy (non-hydrogen) atoms. The quantitative estimate of drug-likeness (QED) is 0.128. The Morgan fingerprint density at radius 3 is 1.73 bits per heavy atom. The average Bonchev–Trinajstić information content (AvgIpc) is 3.24. The van der Waals surface area contributed by atoms with Gasteiger partial charge in [-0.1, -0.05) is 122 Å². The Morgan fingerprint density at radius 1 is 0.800 bits per heavy atom. The monoisotopic (exact) mass is 529 g/mol. The van der Waals surface area contributed by atoms with Gasteiger partial charge < -0.3 is 4.74 Å². The van der Waals surface area contributed by atoms with E-state index in [1.54, 1.807) is 11.2 Å². The van der Waals surface area contributed by atoms with Crippen LogP contribution in [-0.2, 0) is 19.9 Å². The number of ether oxygens (including phenoxy) is 1. The number of rotatable bonds is 9. The Labute approximate surface area is 236 Å². The van der Waals surface area contributed by atoms with Gasteiger partial charge in [-0.15, -0.1) is 0 Å². The largest absolute Gasteiger partial charge is 0.501 e. The summed E-state index contributed by atoms with van der Waals surface area (Å²) in [6, 6.07) is 37.8. The highest BCUT2D eigenvalue weighted by Crippen LogP contribution is 2.52. The van der Waals surface area contributed by atoms with E-state index in [0.717, 1.165) is 27.8 Å². The molecule has 0 aliphatic carbocycles. The van der Waals surface area contributed by atoms with Crippen LogP contribution in [0.1, 0.15) is 60.9 Å². The molecule has 4 aromatic carbocycles. The number of hydrogen-bond donors (Lipinski definition) is 0. The second kappa shape index (κ2) is 11.4. The van der Waals surface area contributed by atoms with Crippen molar-refractivity contribution in [2.45, 2.75) is 38.6 Å².